The number of hydrogen-bond acceptors (Lipinski definition) is 8. The van der Waals surface area contributed by atoms with Gasteiger partial charge in [0, 0.05) is 12.4 Å². The maximum atomic E-state index is 12.9. The van der Waals surface area contributed by atoms with E-state index in [9.17, 15) is 19.2 Å². The van der Waals surface area contributed by atoms with E-state index in [-0.39, 0.29) is 35.6 Å². The Labute approximate surface area is 179 Å². The summed E-state index contributed by atoms with van der Waals surface area (Å²) in [6.07, 6.45) is 2.51. The molecule has 0 amide bonds. The lowest BCUT2D eigenvalue weighted by Crippen LogP contribution is -2.24. The number of aromatic amines is 2. The molecule has 0 aromatic carbocycles. The predicted octanol–water partition coefficient (Wildman–Crippen LogP) is 0.996. The normalized spacial score (nSPS) is 11.2. The van der Waals surface area contributed by atoms with Gasteiger partial charge in [-0.25, -0.2) is 28.4 Å². The van der Waals surface area contributed by atoms with Crippen molar-refractivity contribution in [3.05, 3.63) is 55.9 Å². The molecule has 0 saturated heterocycles. The molecule has 0 atom stereocenters. The molecule has 2 N–H and O–H groups in total. The summed E-state index contributed by atoms with van der Waals surface area (Å²) < 4.78 is 12.3. The summed E-state index contributed by atoms with van der Waals surface area (Å²) in [5.41, 5.74) is -0.347. The molecule has 166 valence electrons. The number of nitrogens with one attached hydrogen (secondary N) is 2. The minimum absolute atomic E-state index is 0.131. The summed E-state index contributed by atoms with van der Waals surface area (Å²) >= 11 is 0. The SMILES string of the molecule is CCOC(=O)c1c[nH]c2c(-c3nc(C)n4c(=O)c(C(=O)OCC)c[nH]c34)nc(C)n2c1=O. The van der Waals surface area contributed by atoms with Crippen LogP contribution < -0.4 is 11.1 Å². The van der Waals surface area contributed by atoms with Crippen LogP contribution in [-0.4, -0.2) is 53.9 Å². The number of esters is 2. The first-order valence-electron chi connectivity index (χ1n) is 9.86. The highest BCUT2D eigenvalue weighted by atomic mass is 16.5. The molecule has 0 fully saturated rings. The Morgan fingerprint density at radius 2 is 1.19 bits per heavy atom. The lowest BCUT2D eigenvalue weighted by Gasteiger charge is -2.04. The standard InChI is InChI=1S/C20H20N6O6/c1-5-31-19(29)11-7-21-15-13(23-9(3)25(15)17(11)27)14-16-22-8-12(20(30)32-6-2)18(28)26(16)10(4)24-14/h7-8,21-22H,5-6H2,1-4H3. The zero-order chi connectivity index (χ0) is 23.2. The smallest absolute Gasteiger partial charge is 0.345 e. The molecule has 0 aliphatic heterocycles. The summed E-state index contributed by atoms with van der Waals surface area (Å²) in [6.45, 7) is 6.76. The van der Waals surface area contributed by atoms with Crippen LogP contribution in [0.1, 0.15) is 46.2 Å². The Hall–Kier alpha value is -4.22. The van der Waals surface area contributed by atoms with Gasteiger partial charge >= 0.3 is 11.9 Å². The molecule has 4 rings (SSSR count). The van der Waals surface area contributed by atoms with Gasteiger partial charge in [0.15, 0.2) is 0 Å². The number of H-pyrrole nitrogens is 2. The fourth-order valence-electron chi connectivity index (χ4n) is 3.51. The number of rotatable bonds is 5. The third kappa shape index (κ3) is 3.07. The van der Waals surface area contributed by atoms with E-state index in [1.165, 1.54) is 21.2 Å². The lowest BCUT2D eigenvalue weighted by molar-refractivity contribution is 0.0514. The van der Waals surface area contributed by atoms with Gasteiger partial charge in [-0.3, -0.25) is 9.59 Å². The number of hydrogen-bond donors (Lipinski definition) is 2. The van der Waals surface area contributed by atoms with Crippen LogP contribution in [0.4, 0.5) is 0 Å². The minimum atomic E-state index is -0.746. The molecule has 12 nitrogen and oxygen atoms in total. The second kappa shape index (κ2) is 7.80. The number of fused-ring (bicyclic) bond motifs is 2. The summed E-state index contributed by atoms with van der Waals surface area (Å²) in [5, 5.41) is 0. The van der Waals surface area contributed by atoms with Gasteiger partial charge in [-0.15, -0.1) is 0 Å². The van der Waals surface area contributed by atoms with Crippen LogP contribution in [-0.2, 0) is 9.47 Å². The van der Waals surface area contributed by atoms with Crippen molar-refractivity contribution in [3.8, 4) is 11.4 Å². The Balaban J connectivity index is 1.95. The molecule has 4 heterocycles. The van der Waals surface area contributed by atoms with Crippen LogP contribution in [0, 0.1) is 13.8 Å². The van der Waals surface area contributed by atoms with E-state index >= 15 is 0 Å². The van der Waals surface area contributed by atoms with Crippen LogP contribution in [0.25, 0.3) is 22.7 Å². The average Bonchev–Trinajstić information content (AvgIpc) is 3.26. The van der Waals surface area contributed by atoms with Gasteiger partial charge in [0.2, 0.25) is 0 Å². The first-order chi connectivity index (χ1) is 15.3. The molecule has 4 aromatic rings. The molecule has 0 saturated carbocycles. The number of carbonyl (C=O) groups is 2. The maximum Gasteiger partial charge on any atom is 0.345 e. The first kappa shape index (κ1) is 21.0. The van der Waals surface area contributed by atoms with Gasteiger partial charge in [0.25, 0.3) is 11.1 Å². The van der Waals surface area contributed by atoms with Gasteiger partial charge in [0.05, 0.1) is 13.2 Å². The van der Waals surface area contributed by atoms with E-state index in [0.717, 1.165) is 0 Å². The second-order valence-corrected chi connectivity index (χ2v) is 6.84. The van der Waals surface area contributed by atoms with Crippen LogP contribution in [0.15, 0.2) is 22.0 Å². The Kier molecular flexibility index (Phi) is 5.12. The Morgan fingerprint density at radius 1 is 0.812 bits per heavy atom. The summed E-state index contributed by atoms with van der Waals surface area (Å²) in [7, 11) is 0. The largest absolute Gasteiger partial charge is 0.462 e. The second-order valence-electron chi connectivity index (χ2n) is 6.84. The number of carbonyl (C=O) groups excluding carboxylic acids is 2. The third-order valence-corrected chi connectivity index (χ3v) is 4.88. The van der Waals surface area contributed by atoms with Crippen molar-refractivity contribution in [2.24, 2.45) is 0 Å². The number of aryl methyl sites for hydroxylation is 2. The number of nitrogens with zero attached hydrogens (tertiary/aromatic N) is 4. The van der Waals surface area contributed by atoms with Crippen molar-refractivity contribution >= 4 is 23.2 Å². The van der Waals surface area contributed by atoms with Crippen LogP contribution in [0.3, 0.4) is 0 Å². The number of imidazole rings is 2. The third-order valence-electron chi connectivity index (χ3n) is 4.88. The van der Waals surface area contributed by atoms with E-state index < -0.39 is 23.1 Å². The molecule has 4 aromatic heterocycles. The molecule has 32 heavy (non-hydrogen) atoms. The van der Waals surface area contributed by atoms with Crippen molar-refractivity contribution in [1.29, 1.82) is 0 Å². The van der Waals surface area contributed by atoms with E-state index in [1.807, 2.05) is 0 Å². The number of ether oxygens (including phenoxy) is 2. The predicted molar refractivity (Wildman–Crippen MR) is 112 cm³/mol. The van der Waals surface area contributed by atoms with Gasteiger partial charge in [-0.2, -0.15) is 0 Å². The molecular formula is C20H20N6O6. The zero-order valence-corrected chi connectivity index (χ0v) is 17.8. The van der Waals surface area contributed by atoms with Gasteiger partial charge in [-0.05, 0) is 27.7 Å². The average molecular weight is 440 g/mol. The molecule has 0 aliphatic rings. The Morgan fingerprint density at radius 3 is 1.53 bits per heavy atom. The zero-order valence-electron chi connectivity index (χ0n) is 17.8. The summed E-state index contributed by atoms with van der Waals surface area (Å²) in [4.78, 5) is 64.6. The number of aromatic nitrogens is 6. The van der Waals surface area contributed by atoms with Gasteiger partial charge in [0.1, 0.15) is 45.5 Å². The highest BCUT2D eigenvalue weighted by molar-refractivity contribution is 5.91. The van der Waals surface area contributed by atoms with Crippen molar-refractivity contribution in [1.82, 2.24) is 28.7 Å². The monoisotopic (exact) mass is 440 g/mol. The van der Waals surface area contributed by atoms with Crippen molar-refractivity contribution in [2.75, 3.05) is 13.2 Å². The van der Waals surface area contributed by atoms with Gasteiger partial charge < -0.3 is 19.4 Å². The first-order valence-corrected chi connectivity index (χ1v) is 9.86. The molecular weight excluding hydrogens is 420 g/mol. The Bertz CT molecular complexity index is 1390. The van der Waals surface area contributed by atoms with Crippen molar-refractivity contribution in [3.63, 3.8) is 0 Å². The molecule has 0 unspecified atom stereocenters. The van der Waals surface area contributed by atoms with Crippen LogP contribution >= 0.6 is 0 Å². The topological polar surface area (TPSA) is 153 Å². The highest BCUT2D eigenvalue weighted by Gasteiger charge is 2.24. The van der Waals surface area contributed by atoms with E-state index in [1.54, 1.807) is 27.7 Å². The molecule has 0 spiro atoms. The van der Waals surface area contributed by atoms with Crippen LogP contribution in [0.5, 0.6) is 0 Å². The molecule has 0 radical (unpaired) electrons. The lowest BCUT2D eigenvalue weighted by atomic mass is 10.3. The molecule has 12 heteroatoms. The highest BCUT2D eigenvalue weighted by Crippen LogP contribution is 2.25. The molecule has 0 aliphatic carbocycles. The van der Waals surface area contributed by atoms with Crippen molar-refractivity contribution in [2.45, 2.75) is 27.7 Å². The minimum Gasteiger partial charge on any atom is -0.462 e. The van der Waals surface area contributed by atoms with Crippen LogP contribution in [0.2, 0.25) is 0 Å². The fourth-order valence-corrected chi connectivity index (χ4v) is 3.51. The van der Waals surface area contributed by atoms with E-state index in [4.69, 9.17) is 9.47 Å². The maximum absolute atomic E-state index is 12.9. The van der Waals surface area contributed by atoms with E-state index in [2.05, 4.69) is 19.9 Å². The molecule has 0 bridgehead atoms. The summed E-state index contributed by atoms with van der Waals surface area (Å²) in [6, 6.07) is 0. The fraction of sp³-hybridized carbons (Fsp3) is 0.300. The van der Waals surface area contributed by atoms with E-state index in [0.29, 0.717) is 23.0 Å². The quantitative estimate of drug-likeness (QED) is 0.436. The van der Waals surface area contributed by atoms with Crippen molar-refractivity contribution < 1.29 is 19.1 Å². The van der Waals surface area contributed by atoms with Gasteiger partial charge in [-0.1, -0.05) is 0 Å². The summed E-state index contributed by atoms with van der Waals surface area (Å²) in [5.74, 6) is -0.868.